The summed E-state index contributed by atoms with van der Waals surface area (Å²) in [6.07, 6.45) is 1.90. The van der Waals surface area contributed by atoms with Crippen molar-refractivity contribution in [1.29, 1.82) is 0 Å². The molecular weight excluding hydrogens is 334 g/mol. The number of amides is 1. The second kappa shape index (κ2) is 6.78. The van der Waals surface area contributed by atoms with Gasteiger partial charge in [-0.1, -0.05) is 6.07 Å². The van der Waals surface area contributed by atoms with Crippen molar-refractivity contribution in [1.82, 2.24) is 19.7 Å². The summed E-state index contributed by atoms with van der Waals surface area (Å²) in [5.74, 6) is 0.0872. The van der Waals surface area contributed by atoms with Crippen LogP contribution in [-0.2, 0) is 24.1 Å². The summed E-state index contributed by atoms with van der Waals surface area (Å²) in [6, 6.07) is 5.40. The fourth-order valence-electron chi connectivity index (χ4n) is 2.82. The van der Waals surface area contributed by atoms with Gasteiger partial charge in [0.1, 0.15) is 11.4 Å². The zero-order chi connectivity index (χ0) is 18.9. The summed E-state index contributed by atoms with van der Waals surface area (Å²) in [5.41, 5.74) is 7.67. The molecule has 3 heterocycles. The number of aromatic nitrogens is 3. The molecule has 2 N–H and O–H groups in total. The van der Waals surface area contributed by atoms with Crippen LogP contribution >= 0.6 is 0 Å². The highest BCUT2D eigenvalue weighted by atomic mass is 16.6. The fraction of sp³-hybridized carbons (Fsp3) is 0.444. The largest absolute Gasteiger partial charge is 0.444 e. The van der Waals surface area contributed by atoms with Crippen LogP contribution in [0, 0.1) is 0 Å². The van der Waals surface area contributed by atoms with Crippen molar-refractivity contribution in [2.75, 3.05) is 12.3 Å². The number of hydrogen-bond acceptors (Lipinski definition) is 6. The summed E-state index contributed by atoms with van der Waals surface area (Å²) < 4.78 is 6.62. The lowest BCUT2D eigenvalue weighted by Gasteiger charge is -2.29. The van der Waals surface area contributed by atoms with E-state index in [0.29, 0.717) is 30.2 Å². The Morgan fingerprint density at radius 3 is 2.73 bits per heavy atom. The number of carbonyl (C=O) groups is 2. The third-order valence-electron chi connectivity index (χ3n) is 4.03. The smallest absolute Gasteiger partial charge is 0.410 e. The third-order valence-corrected chi connectivity index (χ3v) is 4.03. The molecule has 0 radical (unpaired) electrons. The van der Waals surface area contributed by atoms with Gasteiger partial charge in [-0.05, 0) is 39.3 Å². The molecule has 0 saturated heterocycles. The van der Waals surface area contributed by atoms with E-state index in [2.05, 4.69) is 10.1 Å². The first-order chi connectivity index (χ1) is 12.2. The van der Waals surface area contributed by atoms with Crippen molar-refractivity contribution in [3.05, 3.63) is 41.3 Å². The Hall–Kier alpha value is -2.90. The topological polar surface area (TPSA) is 103 Å². The Morgan fingerprint density at radius 1 is 1.31 bits per heavy atom. The second-order valence-electron chi connectivity index (χ2n) is 7.27. The number of carbonyl (C=O) groups excluding carboxylic acids is 2. The van der Waals surface area contributed by atoms with Gasteiger partial charge < -0.3 is 15.4 Å². The molecule has 0 saturated carbocycles. The Morgan fingerprint density at radius 2 is 2.08 bits per heavy atom. The van der Waals surface area contributed by atoms with Crippen LogP contribution in [0.1, 0.15) is 42.5 Å². The normalized spacial score (nSPS) is 14.0. The van der Waals surface area contributed by atoms with Crippen molar-refractivity contribution in [2.24, 2.45) is 0 Å². The van der Waals surface area contributed by atoms with E-state index >= 15 is 0 Å². The van der Waals surface area contributed by atoms with E-state index in [0.717, 1.165) is 5.56 Å². The van der Waals surface area contributed by atoms with Gasteiger partial charge in [0, 0.05) is 24.0 Å². The number of nitrogen functional groups attached to an aromatic ring is 1. The maximum atomic E-state index is 12.5. The predicted octanol–water partition coefficient (Wildman–Crippen LogP) is 2.04. The highest BCUT2D eigenvalue weighted by molar-refractivity contribution is 5.83. The first kappa shape index (κ1) is 17.9. The van der Waals surface area contributed by atoms with E-state index in [1.807, 2.05) is 26.8 Å². The molecule has 1 aliphatic heterocycles. The van der Waals surface area contributed by atoms with Crippen LogP contribution in [-0.4, -0.2) is 43.8 Å². The summed E-state index contributed by atoms with van der Waals surface area (Å²) in [7, 11) is 0. The molecule has 0 unspecified atom stereocenters. The standard InChI is InChI=1S/C18H23N5O3/c1-18(2,3)26-17(25)22-9-7-13-14(11-22)21-23(16(13)19)15(24)10-12-6-4-5-8-20-12/h4-6,8H,7,9-11,19H2,1-3H3. The van der Waals surface area contributed by atoms with Crippen LogP contribution < -0.4 is 5.73 Å². The number of rotatable bonds is 2. The highest BCUT2D eigenvalue weighted by Crippen LogP contribution is 2.25. The molecule has 26 heavy (non-hydrogen) atoms. The first-order valence-electron chi connectivity index (χ1n) is 8.52. The highest BCUT2D eigenvalue weighted by Gasteiger charge is 2.30. The second-order valence-corrected chi connectivity index (χ2v) is 7.27. The molecule has 0 spiro atoms. The van der Waals surface area contributed by atoms with Crippen LogP contribution in [0.25, 0.3) is 0 Å². The summed E-state index contributed by atoms with van der Waals surface area (Å²) >= 11 is 0. The lowest BCUT2D eigenvalue weighted by molar-refractivity contribution is 0.0221. The SMILES string of the molecule is CC(C)(C)OC(=O)N1CCc2c(nn(C(=O)Cc3ccccn3)c2N)C1. The van der Waals surface area contributed by atoms with E-state index in [1.54, 1.807) is 23.2 Å². The number of pyridine rings is 1. The van der Waals surface area contributed by atoms with Gasteiger partial charge in [0.05, 0.1) is 18.7 Å². The Bertz CT molecular complexity index is 823. The fourth-order valence-corrected chi connectivity index (χ4v) is 2.82. The van der Waals surface area contributed by atoms with Crippen LogP contribution in [0.2, 0.25) is 0 Å². The minimum atomic E-state index is -0.561. The molecule has 8 heteroatoms. The van der Waals surface area contributed by atoms with Crippen molar-refractivity contribution < 1.29 is 14.3 Å². The molecule has 3 rings (SSSR count). The molecule has 0 fully saturated rings. The van der Waals surface area contributed by atoms with Crippen LogP contribution in [0.4, 0.5) is 10.6 Å². The Balaban J connectivity index is 1.75. The lowest BCUT2D eigenvalue weighted by Crippen LogP contribution is -2.39. The monoisotopic (exact) mass is 357 g/mol. The average Bonchev–Trinajstić information content (AvgIpc) is 2.91. The predicted molar refractivity (Wildman–Crippen MR) is 95.6 cm³/mol. The van der Waals surface area contributed by atoms with E-state index in [9.17, 15) is 9.59 Å². The third kappa shape index (κ3) is 3.84. The Labute approximate surface area is 151 Å². The van der Waals surface area contributed by atoms with Gasteiger partial charge in [0.2, 0.25) is 0 Å². The maximum Gasteiger partial charge on any atom is 0.410 e. The van der Waals surface area contributed by atoms with Gasteiger partial charge in [-0.15, -0.1) is 0 Å². The van der Waals surface area contributed by atoms with Gasteiger partial charge in [-0.2, -0.15) is 9.78 Å². The van der Waals surface area contributed by atoms with Crippen molar-refractivity contribution in [2.45, 2.75) is 45.8 Å². The van der Waals surface area contributed by atoms with Gasteiger partial charge in [-0.3, -0.25) is 9.78 Å². The van der Waals surface area contributed by atoms with E-state index in [-0.39, 0.29) is 18.9 Å². The summed E-state index contributed by atoms with van der Waals surface area (Å²) in [6.45, 7) is 6.22. The van der Waals surface area contributed by atoms with Gasteiger partial charge in [-0.25, -0.2) is 4.79 Å². The molecule has 0 bridgehead atoms. The molecule has 2 aromatic rings. The zero-order valence-corrected chi connectivity index (χ0v) is 15.2. The van der Waals surface area contributed by atoms with Gasteiger partial charge >= 0.3 is 6.09 Å². The number of nitrogens with two attached hydrogens (primary N) is 1. The summed E-state index contributed by atoms with van der Waals surface area (Å²) in [5, 5.41) is 4.34. The zero-order valence-electron chi connectivity index (χ0n) is 15.2. The first-order valence-corrected chi connectivity index (χ1v) is 8.52. The van der Waals surface area contributed by atoms with Gasteiger partial charge in [0.15, 0.2) is 0 Å². The number of fused-ring (bicyclic) bond motifs is 1. The van der Waals surface area contributed by atoms with Crippen molar-refractivity contribution in [3.63, 3.8) is 0 Å². The van der Waals surface area contributed by atoms with Gasteiger partial charge in [0.25, 0.3) is 5.91 Å². The number of hydrogen-bond donors (Lipinski definition) is 1. The molecule has 138 valence electrons. The number of ether oxygens (including phenoxy) is 1. The van der Waals surface area contributed by atoms with Crippen LogP contribution in [0.5, 0.6) is 0 Å². The molecule has 0 aromatic carbocycles. The average molecular weight is 357 g/mol. The molecule has 1 amide bonds. The molecule has 0 atom stereocenters. The van der Waals surface area contributed by atoms with E-state index in [4.69, 9.17) is 10.5 Å². The van der Waals surface area contributed by atoms with E-state index < -0.39 is 11.7 Å². The minimum Gasteiger partial charge on any atom is -0.444 e. The molecule has 0 aliphatic carbocycles. The van der Waals surface area contributed by atoms with Crippen LogP contribution in [0.15, 0.2) is 24.4 Å². The van der Waals surface area contributed by atoms with Crippen molar-refractivity contribution in [3.8, 4) is 0 Å². The number of nitrogens with zero attached hydrogens (tertiary/aromatic N) is 4. The quantitative estimate of drug-likeness (QED) is 0.882. The maximum absolute atomic E-state index is 12.5. The molecule has 1 aliphatic rings. The Kier molecular flexibility index (Phi) is 4.67. The molecular formula is C18H23N5O3. The molecule has 2 aromatic heterocycles. The van der Waals surface area contributed by atoms with Crippen LogP contribution in [0.3, 0.4) is 0 Å². The summed E-state index contributed by atoms with van der Waals surface area (Å²) in [4.78, 5) is 30.5. The van der Waals surface area contributed by atoms with Crippen molar-refractivity contribution >= 4 is 17.8 Å². The minimum absolute atomic E-state index is 0.112. The van der Waals surface area contributed by atoms with E-state index in [1.165, 1.54) is 4.68 Å². The lowest BCUT2D eigenvalue weighted by atomic mass is 10.1. The number of anilines is 1. The molecule has 8 nitrogen and oxygen atoms in total.